The number of piperidine rings is 1. The zero-order valence-corrected chi connectivity index (χ0v) is 22.1. The Labute approximate surface area is 222 Å². The van der Waals surface area contributed by atoms with Gasteiger partial charge in [0, 0.05) is 31.3 Å². The highest BCUT2D eigenvalue weighted by Gasteiger charge is 2.54. The lowest BCUT2D eigenvalue weighted by Gasteiger charge is -2.44. The predicted octanol–water partition coefficient (Wildman–Crippen LogP) is 0.866. The minimum Gasteiger partial charge on any atom is -0.423 e. The van der Waals surface area contributed by atoms with Crippen LogP contribution in [0.1, 0.15) is 42.6 Å². The van der Waals surface area contributed by atoms with Crippen molar-refractivity contribution in [2.75, 3.05) is 31.7 Å². The van der Waals surface area contributed by atoms with E-state index in [0.717, 1.165) is 0 Å². The van der Waals surface area contributed by atoms with Crippen molar-refractivity contribution >= 4 is 36.0 Å². The van der Waals surface area contributed by atoms with Gasteiger partial charge in [-0.3, -0.25) is 14.4 Å². The topological polar surface area (TPSA) is 113 Å². The third-order valence-corrected chi connectivity index (χ3v) is 7.68. The molecule has 2 fully saturated rings. The van der Waals surface area contributed by atoms with Gasteiger partial charge in [-0.1, -0.05) is 44.2 Å². The third kappa shape index (κ3) is 4.88. The molecule has 1 atom stereocenters. The average molecular weight is 524 g/mol. The summed E-state index contributed by atoms with van der Waals surface area (Å²) in [4.78, 5) is 44.9. The first-order valence-corrected chi connectivity index (χ1v) is 12.8. The Morgan fingerprint density at radius 3 is 2.37 bits per heavy atom. The first-order valence-electron chi connectivity index (χ1n) is 12.8. The van der Waals surface area contributed by atoms with Crippen molar-refractivity contribution in [3.63, 3.8) is 0 Å². The first-order chi connectivity index (χ1) is 18.0. The number of rotatable bonds is 6. The Morgan fingerprint density at radius 2 is 1.74 bits per heavy atom. The molecule has 2 aromatic carbocycles. The molecule has 202 valence electrons. The van der Waals surface area contributed by atoms with Gasteiger partial charge in [0.2, 0.25) is 11.8 Å². The van der Waals surface area contributed by atoms with Gasteiger partial charge in [-0.15, -0.1) is 0 Å². The van der Waals surface area contributed by atoms with Crippen LogP contribution in [0.5, 0.6) is 0 Å². The van der Waals surface area contributed by atoms with E-state index >= 15 is 0 Å². The van der Waals surface area contributed by atoms with Crippen molar-refractivity contribution in [1.29, 1.82) is 0 Å². The Bertz CT molecular complexity index is 1230. The van der Waals surface area contributed by atoms with E-state index in [9.17, 15) is 28.8 Å². The predicted molar refractivity (Wildman–Crippen MR) is 142 cm³/mol. The number of likely N-dealkylation sites (tertiary alicyclic amines) is 1. The first kappa shape index (κ1) is 27.6. The van der Waals surface area contributed by atoms with E-state index in [1.807, 2.05) is 18.7 Å². The number of carbonyl (C=O) groups excluding carboxylic acids is 3. The number of carbonyl (C=O) groups is 3. The van der Waals surface area contributed by atoms with Crippen molar-refractivity contribution in [2.24, 2.45) is 5.92 Å². The molecule has 11 heteroatoms. The second kappa shape index (κ2) is 10.7. The van der Waals surface area contributed by atoms with Gasteiger partial charge in [0.05, 0.1) is 12.2 Å². The Balaban J connectivity index is 1.53. The molecule has 2 aliphatic rings. The Morgan fingerprint density at radius 1 is 1.08 bits per heavy atom. The van der Waals surface area contributed by atoms with E-state index in [-0.39, 0.29) is 43.1 Å². The number of anilines is 1. The summed E-state index contributed by atoms with van der Waals surface area (Å²) < 4.78 is 14.5. The molecule has 2 saturated heterocycles. The summed E-state index contributed by atoms with van der Waals surface area (Å²) >= 11 is 0. The number of likely N-dealkylation sites (N-methyl/N-ethyl adjacent to an activating group) is 1. The van der Waals surface area contributed by atoms with Crippen LogP contribution in [-0.4, -0.2) is 83.1 Å². The molecule has 1 spiro atoms. The van der Waals surface area contributed by atoms with Crippen molar-refractivity contribution in [2.45, 2.75) is 45.2 Å². The second-order valence-corrected chi connectivity index (χ2v) is 10.5. The molecule has 0 bridgehead atoms. The minimum absolute atomic E-state index is 0.0875. The molecule has 3 N–H and O–H groups in total. The van der Waals surface area contributed by atoms with Crippen LogP contribution in [0.3, 0.4) is 0 Å². The second-order valence-electron chi connectivity index (χ2n) is 10.5. The smallest absolute Gasteiger partial charge is 0.423 e. The SMILES string of the molecule is Cc1cccc(C(=O)NC(C(=O)N2CCC3(CC2)C(=O)N(C)CN3c2ccccc2B(O)O)C(C)C)c1F. The van der Waals surface area contributed by atoms with E-state index < -0.39 is 30.4 Å². The summed E-state index contributed by atoms with van der Waals surface area (Å²) in [5.41, 5.74) is 0.169. The molecule has 4 rings (SSSR count). The molecule has 0 radical (unpaired) electrons. The summed E-state index contributed by atoms with van der Waals surface area (Å²) in [6, 6.07) is 10.6. The number of nitrogens with one attached hydrogen (secondary N) is 1. The summed E-state index contributed by atoms with van der Waals surface area (Å²) in [6.07, 6.45) is 0.673. The maximum absolute atomic E-state index is 14.5. The van der Waals surface area contributed by atoms with Crippen LogP contribution < -0.4 is 15.7 Å². The van der Waals surface area contributed by atoms with Crippen LogP contribution in [0.25, 0.3) is 0 Å². The fourth-order valence-electron chi connectivity index (χ4n) is 5.47. The van der Waals surface area contributed by atoms with E-state index in [1.54, 1.807) is 60.2 Å². The number of hydrogen-bond donors (Lipinski definition) is 3. The van der Waals surface area contributed by atoms with E-state index in [4.69, 9.17) is 0 Å². The van der Waals surface area contributed by atoms with Gasteiger partial charge in [-0.2, -0.15) is 0 Å². The number of aryl methyl sites for hydroxylation is 1. The quantitative estimate of drug-likeness (QED) is 0.484. The van der Waals surface area contributed by atoms with Crippen LogP contribution in [0.2, 0.25) is 0 Å². The van der Waals surface area contributed by atoms with E-state index in [1.165, 1.54) is 6.07 Å². The summed E-state index contributed by atoms with van der Waals surface area (Å²) in [6.45, 7) is 6.03. The van der Waals surface area contributed by atoms with Crippen molar-refractivity contribution in [1.82, 2.24) is 15.1 Å². The molecule has 3 amide bonds. The molecule has 0 aliphatic carbocycles. The lowest BCUT2D eigenvalue weighted by molar-refractivity contribution is -0.139. The van der Waals surface area contributed by atoms with E-state index in [2.05, 4.69) is 5.32 Å². The van der Waals surface area contributed by atoms with Crippen LogP contribution in [0.15, 0.2) is 42.5 Å². The fourth-order valence-corrected chi connectivity index (χ4v) is 5.47. The number of para-hydroxylation sites is 1. The molecular formula is C27H34BFN4O5. The molecule has 0 saturated carbocycles. The van der Waals surface area contributed by atoms with E-state index in [0.29, 0.717) is 29.6 Å². The number of benzene rings is 2. The van der Waals surface area contributed by atoms with Crippen LogP contribution >= 0.6 is 0 Å². The monoisotopic (exact) mass is 524 g/mol. The van der Waals surface area contributed by atoms with Gasteiger partial charge < -0.3 is 30.1 Å². The maximum atomic E-state index is 14.5. The molecule has 1 unspecified atom stereocenters. The maximum Gasteiger partial charge on any atom is 0.490 e. The largest absolute Gasteiger partial charge is 0.490 e. The lowest BCUT2D eigenvalue weighted by Crippen LogP contribution is -2.60. The van der Waals surface area contributed by atoms with Crippen molar-refractivity contribution < 1.29 is 28.8 Å². The Hall–Kier alpha value is -3.44. The zero-order valence-electron chi connectivity index (χ0n) is 22.1. The van der Waals surface area contributed by atoms with Crippen LogP contribution in [0.4, 0.5) is 10.1 Å². The minimum atomic E-state index is -1.69. The third-order valence-electron chi connectivity index (χ3n) is 7.68. The molecular weight excluding hydrogens is 490 g/mol. The van der Waals surface area contributed by atoms with Gasteiger partial charge in [0.15, 0.2) is 0 Å². The summed E-state index contributed by atoms with van der Waals surface area (Å²) in [5, 5.41) is 22.6. The van der Waals surface area contributed by atoms with Crippen molar-refractivity contribution in [3.8, 4) is 0 Å². The van der Waals surface area contributed by atoms with Gasteiger partial charge in [0.1, 0.15) is 17.4 Å². The van der Waals surface area contributed by atoms with Gasteiger partial charge in [0.25, 0.3) is 5.91 Å². The summed E-state index contributed by atoms with van der Waals surface area (Å²) in [7, 11) is 0.00789. The highest BCUT2D eigenvalue weighted by molar-refractivity contribution is 6.60. The normalized spacial score (nSPS) is 17.8. The average Bonchev–Trinajstić information content (AvgIpc) is 3.13. The highest BCUT2D eigenvalue weighted by atomic mass is 19.1. The lowest BCUT2D eigenvalue weighted by atomic mass is 9.77. The number of halogens is 1. The van der Waals surface area contributed by atoms with Crippen molar-refractivity contribution in [3.05, 3.63) is 59.4 Å². The standard InChI is InChI=1S/C27H34BFN4O5/c1-17(2)23(30-24(34)19-9-7-8-18(3)22(19)29)25(35)32-14-12-27(13-15-32)26(36)31(4)16-33(27)21-11-6-5-10-20(21)28(37)38/h5-11,17,23,37-38H,12-16H2,1-4H3,(H,30,34). The van der Waals surface area contributed by atoms with Gasteiger partial charge in [-0.05, 0) is 43.4 Å². The van der Waals surface area contributed by atoms with Crippen LogP contribution in [-0.2, 0) is 9.59 Å². The zero-order chi connectivity index (χ0) is 27.8. The molecule has 2 heterocycles. The number of amides is 3. The van der Waals surface area contributed by atoms with Gasteiger partial charge >= 0.3 is 7.12 Å². The molecule has 0 aromatic heterocycles. The fraction of sp³-hybridized carbons (Fsp3) is 0.444. The molecule has 2 aliphatic heterocycles. The Kier molecular flexibility index (Phi) is 7.80. The number of hydrogen-bond acceptors (Lipinski definition) is 6. The highest BCUT2D eigenvalue weighted by Crippen LogP contribution is 2.38. The molecule has 9 nitrogen and oxygen atoms in total. The van der Waals surface area contributed by atoms with Crippen LogP contribution in [0, 0.1) is 18.7 Å². The summed E-state index contributed by atoms with van der Waals surface area (Å²) in [5.74, 6) is -1.88. The van der Waals surface area contributed by atoms with Gasteiger partial charge in [-0.25, -0.2) is 4.39 Å². The number of nitrogens with zero attached hydrogens (tertiary/aromatic N) is 3. The molecule has 2 aromatic rings. The molecule has 38 heavy (non-hydrogen) atoms.